The third kappa shape index (κ3) is 3.92. The number of aromatic nitrogens is 2. The van der Waals surface area contributed by atoms with E-state index in [-0.39, 0.29) is 0 Å². The summed E-state index contributed by atoms with van der Waals surface area (Å²) in [6, 6.07) is 29.6. The minimum absolute atomic E-state index is 1.26. The van der Waals surface area contributed by atoms with Gasteiger partial charge in [-0.15, -0.1) is 5.10 Å². The van der Waals surface area contributed by atoms with Gasteiger partial charge in [0, 0.05) is 5.27 Å². The highest BCUT2D eigenvalue weighted by Crippen LogP contribution is 2.31. The van der Waals surface area contributed by atoms with Gasteiger partial charge in [0.05, 0.1) is 6.20 Å². The Hall–Kier alpha value is -3.20. The molecule has 4 aromatic rings. The molecule has 0 aliphatic carbocycles. The molecule has 0 fully saturated rings. The van der Waals surface area contributed by atoms with Crippen LogP contribution in [0.3, 0.4) is 0 Å². The summed E-state index contributed by atoms with van der Waals surface area (Å²) in [7, 11) is 0. The number of benzene rings is 3. The fraction of sp³-hybridized carbons (Fsp3) is 0. The molecule has 0 bridgehead atoms. The van der Waals surface area contributed by atoms with Crippen LogP contribution in [-0.4, -0.2) is 10.4 Å². The van der Waals surface area contributed by atoms with E-state index in [2.05, 4.69) is 99.8 Å². The van der Waals surface area contributed by atoms with E-state index < -0.39 is 0 Å². The third-order valence-corrected chi connectivity index (χ3v) is 3.38. The van der Waals surface area contributed by atoms with Crippen molar-refractivity contribution in [3.8, 4) is 22.3 Å². The summed E-state index contributed by atoms with van der Waals surface area (Å²) in [6.45, 7) is 0. The predicted molar refractivity (Wildman–Crippen MR) is 91.6 cm³/mol. The molecule has 3 nitrogen and oxygen atoms in total. The minimum Gasteiger partial charge on any atom is -0.346 e. The molecule has 1 heterocycles. The van der Waals surface area contributed by atoms with Gasteiger partial charge in [-0.1, -0.05) is 84.9 Å². The zero-order valence-corrected chi connectivity index (χ0v) is 12.5. The average molecular weight is 300 g/mol. The molecule has 112 valence electrons. The van der Waals surface area contributed by atoms with Crippen molar-refractivity contribution in [2.24, 2.45) is 0 Å². The van der Waals surface area contributed by atoms with Crippen molar-refractivity contribution in [3.63, 3.8) is 0 Å². The normalized spacial score (nSPS) is 9.74. The maximum Gasteiger partial charge on any atom is 0.144 e. The van der Waals surface area contributed by atoms with E-state index in [4.69, 9.17) is 0 Å². The molecule has 0 radical (unpaired) electrons. The van der Waals surface area contributed by atoms with Gasteiger partial charge in [0.15, 0.2) is 0 Å². The van der Waals surface area contributed by atoms with Crippen LogP contribution in [0.4, 0.5) is 0 Å². The summed E-state index contributed by atoms with van der Waals surface area (Å²) >= 11 is 0. The fourth-order valence-corrected chi connectivity index (χ4v) is 2.36. The van der Waals surface area contributed by atoms with E-state index in [0.29, 0.717) is 0 Å². The second kappa shape index (κ2) is 7.71. The molecule has 0 saturated heterocycles. The molecule has 0 amide bonds. The molecule has 0 unspecified atom stereocenters. The van der Waals surface area contributed by atoms with Crippen molar-refractivity contribution in [1.82, 2.24) is 10.4 Å². The molecular formula is C20H16N2O. The quantitative estimate of drug-likeness (QED) is 0.517. The van der Waals surface area contributed by atoms with E-state index in [1.54, 1.807) is 0 Å². The standard InChI is InChI=1S/C18H14.C2H2N2O/c1-3-9-15(10-4-1)17-13-7-8-14-18(17)16-11-5-2-6-12-16;1-2-5-4-3-1/h1-14H;1-2H. The Morgan fingerprint density at radius 2 is 1.04 bits per heavy atom. The van der Waals surface area contributed by atoms with E-state index in [1.807, 2.05) is 0 Å². The Bertz CT molecular complexity index is 737. The van der Waals surface area contributed by atoms with Crippen LogP contribution in [0.2, 0.25) is 0 Å². The van der Waals surface area contributed by atoms with E-state index in [1.165, 1.54) is 34.7 Å². The van der Waals surface area contributed by atoms with Crippen LogP contribution >= 0.6 is 0 Å². The molecule has 4 rings (SSSR count). The number of hydrogen-bond acceptors (Lipinski definition) is 3. The molecule has 0 N–H and O–H groups in total. The van der Waals surface area contributed by atoms with Crippen molar-refractivity contribution < 1.29 is 4.52 Å². The highest BCUT2D eigenvalue weighted by atomic mass is 16.5. The monoisotopic (exact) mass is 300 g/mol. The molecule has 23 heavy (non-hydrogen) atoms. The first-order valence-electron chi connectivity index (χ1n) is 7.36. The fourth-order valence-electron chi connectivity index (χ4n) is 2.36. The lowest BCUT2D eigenvalue weighted by Gasteiger charge is -2.09. The SMILES string of the molecule is c1ccc(-c2ccccc2-c2ccccc2)cc1.c1conn1. The van der Waals surface area contributed by atoms with Crippen molar-refractivity contribution >= 4 is 0 Å². The Kier molecular flexibility index (Phi) is 4.93. The van der Waals surface area contributed by atoms with Crippen LogP contribution in [0.1, 0.15) is 0 Å². The van der Waals surface area contributed by atoms with E-state index >= 15 is 0 Å². The Morgan fingerprint density at radius 3 is 1.39 bits per heavy atom. The average Bonchev–Trinajstić information content (AvgIpc) is 3.23. The van der Waals surface area contributed by atoms with Gasteiger partial charge in [-0.2, -0.15) is 0 Å². The van der Waals surface area contributed by atoms with Gasteiger partial charge in [0.2, 0.25) is 0 Å². The summed E-state index contributed by atoms with van der Waals surface area (Å²) in [5.74, 6) is 0. The smallest absolute Gasteiger partial charge is 0.144 e. The molecule has 0 aliphatic heterocycles. The Morgan fingerprint density at radius 1 is 0.565 bits per heavy atom. The number of nitrogens with zero attached hydrogens (tertiary/aromatic N) is 2. The molecule has 1 aromatic heterocycles. The lowest BCUT2D eigenvalue weighted by Crippen LogP contribution is -1.83. The number of hydrogen-bond donors (Lipinski definition) is 0. The molecular weight excluding hydrogens is 284 g/mol. The largest absolute Gasteiger partial charge is 0.346 e. The van der Waals surface area contributed by atoms with Crippen molar-refractivity contribution in [3.05, 3.63) is 97.4 Å². The first kappa shape index (κ1) is 14.7. The predicted octanol–water partition coefficient (Wildman–Crippen LogP) is 5.09. The van der Waals surface area contributed by atoms with Crippen LogP contribution in [0.15, 0.2) is 102 Å². The maximum atomic E-state index is 4.22. The van der Waals surface area contributed by atoms with Gasteiger partial charge in [0.25, 0.3) is 0 Å². The first-order chi connectivity index (χ1) is 11.4. The van der Waals surface area contributed by atoms with Crippen molar-refractivity contribution in [2.45, 2.75) is 0 Å². The Balaban J connectivity index is 0.000000267. The minimum atomic E-state index is 1.26. The Labute approximate surface area is 135 Å². The maximum absolute atomic E-state index is 4.22. The third-order valence-electron chi connectivity index (χ3n) is 3.38. The highest BCUT2D eigenvalue weighted by Gasteiger charge is 2.05. The highest BCUT2D eigenvalue weighted by molar-refractivity contribution is 5.83. The zero-order chi connectivity index (χ0) is 15.7. The van der Waals surface area contributed by atoms with Gasteiger partial charge >= 0.3 is 0 Å². The van der Waals surface area contributed by atoms with Gasteiger partial charge < -0.3 is 4.52 Å². The van der Waals surface area contributed by atoms with Crippen LogP contribution in [-0.2, 0) is 0 Å². The van der Waals surface area contributed by atoms with Gasteiger partial charge in [-0.05, 0) is 22.3 Å². The number of rotatable bonds is 2. The molecule has 0 spiro atoms. The van der Waals surface area contributed by atoms with E-state index in [9.17, 15) is 0 Å². The van der Waals surface area contributed by atoms with Crippen molar-refractivity contribution in [2.75, 3.05) is 0 Å². The lowest BCUT2D eigenvalue weighted by molar-refractivity contribution is 0.393. The van der Waals surface area contributed by atoms with Crippen LogP contribution in [0.5, 0.6) is 0 Å². The van der Waals surface area contributed by atoms with Crippen LogP contribution in [0.25, 0.3) is 22.3 Å². The summed E-state index contributed by atoms with van der Waals surface area (Å²) < 4.78 is 4.22. The van der Waals surface area contributed by atoms with Gasteiger partial charge in [-0.25, -0.2) is 0 Å². The second-order valence-electron chi connectivity index (χ2n) is 4.87. The molecule has 0 atom stereocenters. The molecule has 0 saturated carbocycles. The summed E-state index contributed by atoms with van der Waals surface area (Å²) in [5.41, 5.74) is 5.09. The molecule has 0 aliphatic rings. The van der Waals surface area contributed by atoms with Gasteiger partial charge in [-0.3, -0.25) is 0 Å². The molecule has 3 heteroatoms. The summed E-state index contributed by atoms with van der Waals surface area (Å²) in [4.78, 5) is 0. The van der Waals surface area contributed by atoms with Crippen LogP contribution < -0.4 is 0 Å². The molecule has 3 aromatic carbocycles. The summed E-state index contributed by atoms with van der Waals surface area (Å²) in [6.07, 6.45) is 2.88. The zero-order valence-electron chi connectivity index (χ0n) is 12.5. The van der Waals surface area contributed by atoms with E-state index in [0.717, 1.165) is 0 Å². The van der Waals surface area contributed by atoms with Crippen LogP contribution in [0, 0.1) is 0 Å². The second-order valence-corrected chi connectivity index (χ2v) is 4.87. The van der Waals surface area contributed by atoms with Gasteiger partial charge in [0.1, 0.15) is 6.26 Å². The van der Waals surface area contributed by atoms with Crippen molar-refractivity contribution in [1.29, 1.82) is 0 Å². The summed E-state index contributed by atoms with van der Waals surface area (Å²) in [5, 5.41) is 6.40. The first-order valence-corrected chi connectivity index (χ1v) is 7.36. The topological polar surface area (TPSA) is 38.9 Å². The lowest BCUT2D eigenvalue weighted by atomic mass is 9.95.